The number of carbonyl (C=O) groups is 1. The van der Waals surface area contributed by atoms with E-state index in [4.69, 9.17) is 10.2 Å². The first-order valence-electron chi connectivity index (χ1n) is 8.41. The predicted octanol–water partition coefficient (Wildman–Crippen LogP) is 3.35. The standard InChI is InChI=1S/C20H18FN3O2/c1-12-4-2-3-5-14(12)19-16-9-22-10-18(16)23-24(19)11-13-6-7-17(21)15(8-13)20(25)26/h2-8,22H,9-11H2,1H3,(H,25,26). The Morgan fingerprint density at radius 1 is 1.27 bits per heavy atom. The zero-order valence-corrected chi connectivity index (χ0v) is 14.3. The maximum Gasteiger partial charge on any atom is 0.338 e. The monoisotopic (exact) mass is 351 g/mol. The van der Waals surface area contributed by atoms with Crippen LogP contribution in [0.5, 0.6) is 0 Å². The largest absolute Gasteiger partial charge is 0.478 e. The van der Waals surface area contributed by atoms with Crippen molar-refractivity contribution in [1.29, 1.82) is 0 Å². The maximum absolute atomic E-state index is 13.7. The summed E-state index contributed by atoms with van der Waals surface area (Å²) in [6.07, 6.45) is 0. The van der Waals surface area contributed by atoms with Crippen LogP contribution in [0.4, 0.5) is 4.39 Å². The molecule has 0 fully saturated rings. The second kappa shape index (κ2) is 6.38. The maximum atomic E-state index is 13.7. The third-order valence-electron chi connectivity index (χ3n) is 4.72. The fourth-order valence-electron chi connectivity index (χ4n) is 3.44. The van der Waals surface area contributed by atoms with Gasteiger partial charge in [0.05, 0.1) is 23.5 Å². The number of aryl methyl sites for hydroxylation is 1. The molecule has 6 heteroatoms. The van der Waals surface area contributed by atoms with E-state index in [1.807, 2.05) is 16.8 Å². The number of carboxylic acid groups (broad SMARTS) is 1. The van der Waals surface area contributed by atoms with E-state index in [2.05, 4.69) is 24.4 Å². The molecule has 0 radical (unpaired) electrons. The second-order valence-corrected chi connectivity index (χ2v) is 6.47. The van der Waals surface area contributed by atoms with E-state index in [1.165, 1.54) is 17.7 Å². The number of halogens is 1. The van der Waals surface area contributed by atoms with Crippen molar-refractivity contribution in [3.63, 3.8) is 0 Å². The molecule has 1 aromatic heterocycles. The van der Waals surface area contributed by atoms with Crippen molar-refractivity contribution in [2.24, 2.45) is 0 Å². The summed E-state index contributed by atoms with van der Waals surface area (Å²) in [5.74, 6) is -2.00. The molecule has 2 N–H and O–H groups in total. The van der Waals surface area contributed by atoms with Gasteiger partial charge in [0, 0.05) is 24.2 Å². The number of nitrogens with one attached hydrogen (secondary N) is 1. The highest BCUT2D eigenvalue weighted by atomic mass is 19.1. The first-order chi connectivity index (χ1) is 12.5. The van der Waals surface area contributed by atoms with Crippen LogP contribution in [-0.4, -0.2) is 20.9 Å². The molecular formula is C20H18FN3O2. The molecule has 1 aliphatic heterocycles. The molecule has 0 amide bonds. The van der Waals surface area contributed by atoms with Crippen LogP contribution in [0.15, 0.2) is 42.5 Å². The Morgan fingerprint density at radius 3 is 2.85 bits per heavy atom. The average Bonchev–Trinajstić information content (AvgIpc) is 3.18. The molecule has 0 aliphatic carbocycles. The van der Waals surface area contributed by atoms with Crippen LogP contribution in [0.3, 0.4) is 0 Å². The molecule has 2 aromatic carbocycles. The summed E-state index contributed by atoms with van der Waals surface area (Å²) in [4.78, 5) is 11.2. The topological polar surface area (TPSA) is 67.2 Å². The van der Waals surface area contributed by atoms with Crippen molar-refractivity contribution in [2.75, 3.05) is 0 Å². The minimum absolute atomic E-state index is 0.318. The average molecular weight is 351 g/mol. The zero-order valence-electron chi connectivity index (χ0n) is 14.3. The minimum Gasteiger partial charge on any atom is -0.478 e. The van der Waals surface area contributed by atoms with E-state index < -0.39 is 11.8 Å². The summed E-state index contributed by atoms with van der Waals surface area (Å²) in [5, 5.41) is 17.2. The highest BCUT2D eigenvalue weighted by Crippen LogP contribution is 2.32. The Hall–Kier alpha value is -2.99. The lowest BCUT2D eigenvalue weighted by Crippen LogP contribution is -2.11. The molecule has 0 unspecified atom stereocenters. The Morgan fingerprint density at radius 2 is 2.08 bits per heavy atom. The van der Waals surface area contributed by atoms with Gasteiger partial charge in [-0.1, -0.05) is 30.3 Å². The van der Waals surface area contributed by atoms with Gasteiger partial charge in [0.15, 0.2) is 0 Å². The molecule has 0 bridgehead atoms. The quantitative estimate of drug-likeness (QED) is 0.756. The number of hydrogen-bond acceptors (Lipinski definition) is 3. The number of rotatable bonds is 4. The van der Waals surface area contributed by atoms with Gasteiger partial charge in [-0.3, -0.25) is 4.68 Å². The first-order valence-corrected chi connectivity index (χ1v) is 8.41. The Kier molecular flexibility index (Phi) is 4.05. The van der Waals surface area contributed by atoms with E-state index in [1.54, 1.807) is 6.07 Å². The fourth-order valence-corrected chi connectivity index (χ4v) is 3.44. The number of nitrogens with zero attached hydrogens (tertiary/aromatic N) is 2. The summed E-state index contributed by atoms with van der Waals surface area (Å²) in [6.45, 7) is 3.91. The molecule has 0 spiro atoms. The second-order valence-electron chi connectivity index (χ2n) is 6.47. The normalized spacial score (nSPS) is 13.0. The van der Waals surface area contributed by atoms with Crippen LogP contribution in [0.2, 0.25) is 0 Å². The van der Waals surface area contributed by atoms with Gasteiger partial charge < -0.3 is 10.4 Å². The summed E-state index contributed by atoms with van der Waals surface area (Å²) in [7, 11) is 0. The Labute approximate surface area is 150 Å². The lowest BCUT2D eigenvalue weighted by atomic mass is 10.0. The number of benzene rings is 2. The summed E-state index contributed by atoms with van der Waals surface area (Å²) >= 11 is 0. The van der Waals surface area contributed by atoms with Crippen LogP contribution in [-0.2, 0) is 19.6 Å². The van der Waals surface area contributed by atoms with Crippen molar-refractivity contribution < 1.29 is 14.3 Å². The molecule has 26 heavy (non-hydrogen) atoms. The first kappa shape index (κ1) is 16.5. The molecule has 0 atom stereocenters. The molecule has 5 nitrogen and oxygen atoms in total. The number of carboxylic acids is 1. The number of fused-ring (bicyclic) bond motifs is 1. The smallest absolute Gasteiger partial charge is 0.338 e. The van der Waals surface area contributed by atoms with E-state index in [0.717, 1.165) is 29.1 Å². The number of aromatic carboxylic acids is 1. The van der Waals surface area contributed by atoms with Gasteiger partial charge in [0.25, 0.3) is 0 Å². The van der Waals surface area contributed by atoms with Crippen LogP contribution < -0.4 is 5.32 Å². The van der Waals surface area contributed by atoms with E-state index >= 15 is 0 Å². The van der Waals surface area contributed by atoms with Crippen LogP contribution in [0.25, 0.3) is 11.3 Å². The van der Waals surface area contributed by atoms with E-state index in [-0.39, 0.29) is 5.56 Å². The van der Waals surface area contributed by atoms with Gasteiger partial charge in [0.1, 0.15) is 5.82 Å². The Balaban J connectivity index is 1.80. The summed E-state index contributed by atoms with van der Waals surface area (Å²) in [6, 6.07) is 12.3. The molecule has 4 rings (SSSR count). The third kappa shape index (κ3) is 2.78. The van der Waals surface area contributed by atoms with Crippen molar-refractivity contribution in [3.8, 4) is 11.3 Å². The van der Waals surface area contributed by atoms with Crippen LogP contribution in [0.1, 0.15) is 32.7 Å². The SMILES string of the molecule is Cc1ccccc1-c1c2c(nn1Cc1ccc(F)c(C(=O)O)c1)CNC2. The molecule has 3 aromatic rings. The lowest BCUT2D eigenvalue weighted by molar-refractivity contribution is 0.0691. The molecule has 1 aliphatic rings. The van der Waals surface area contributed by atoms with Crippen LogP contribution in [0, 0.1) is 12.7 Å². The van der Waals surface area contributed by atoms with Gasteiger partial charge in [-0.25, -0.2) is 9.18 Å². The number of aromatic nitrogens is 2. The third-order valence-corrected chi connectivity index (χ3v) is 4.72. The highest BCUT2D eigenvalue weighted by molar-refractivity contribution is 5.88. The van der Waals surface area contributed by atoms with Crippen LogP contribution >= 0.6 is 0 Å². The van der Waals surface area contributed by atoms with Gasteiger partial charge in [0.2, 0.25) is 0 Å². The van der Waals surface area contributed by atoms with Gasteiger partial charge in [-0.2, -0.15) is 5.10 Å². The predicted molar refractivity (Wildman–Crippen MR) is 95.4 cm³/mol. The molecule has 2 heterocycles. The van der Waals surface area contributed by atoms with Crippen molar-refractivity contribution in [3.05, 3.63) is 76.2 Å². The number of hydrogen-bond donors (Lipinski definition) is 2. The van der Waals surface area contributed by atoms with Crippen molar-refractivity contribution in [1.82, 2.24) is 15.1 Å². The lowest BCUT2D eigenvalue weighted by Gasteiger charge is -2.13. The highest BCUT2D eigenvalue weighted by Gasteiger charge is 2.24. The zero-order chi connectivity index (χ0) is 18.3. The van der Waals surface area contributed by atoms with Crippen molar-refractivity contribution in [2.45, 2.75) is 26.6 Å². The van der Waals surface area contributed by atoms with Crippen molar-refractivity contribution >= 4 is 5.97 Å². The summed E-state index contributed by atoms with van der Waals surface area (Å²) < 4.78 is 15.6. The Bertz CT molecular complexity index is 1010. The molecule has 132 valence electrons. The minimum atomic E-state index is -1.27. The van der Waals surface area contributed by atoms with Gasteiger partial charge in [-0.15, -0.1) is 0 Å². The molecular weight excluding hydrogens is 333 g/mol. The molecule has 0 saturated heterocycles. The fraction of sp³-hybridized carbons (Fsp3) is 0.200. The van der Waals surface area contributed by atoms with E-state index in [0.29, 0.717) is 18.7 Å². The van der Waals surface area contributed by atoms with Gasteiger partial charge >= 0.3 is 5.97 Å². The molecule has 0 saturated carbocycles. The van der Waals surface area contributed by atoms with Gasteiger partial charge in [-0.05, 0) is 30.2 Å². The summed E-state index contributed by atoms with van der Waals surface area (Å²) in [5.41, 5.74) is 5.83. The van der Waals surface area contributed by atoms with E-state index in [9.17, 15) is 9.18 Å².